The Morgan fingerprint density at radius 2 is 1.94 bits per heavy atom. The van der Waals surface area contributed by atoms with Crippen LogP contribution < -0.4 is 5.32 Å². The quantitative estimate of drug-likeness (QED) is 0.378. The Morgan fingerprint density at radius 1 is 1.31 bits per heavy atom. The number of hydrogen-bond acceptors (Lipinski definition) is 5. The molecule has 0 heterocycles. The van der Waals surface area contributed by atoms with E-state index in [4.69, 9.17) is 0 Å². The average molecular weight is 261 g/mol. The molecule has 0 aromatic heterocycles. The molecule has 0 rings (SSSR count). The fourth-order valence-corrected chi connectivity index (χ4v) is 1.88. The summed E-state index contributed by atoms with van der Waals surface area (Å²) in [6, 6.07) is 0. The van der Waals surface area contributed by atoms with Crippen molar-refractivity contribution < 1.29 is 17.4 Å². The van der Waals surface area contributed by atoms with Crippen molar-refractivity contribution >= 4 is 45.6 Å². The first-order valence-corrected chi connectivity index (χ1v) is 6.69. The van der Waals surface area contributed by atoms with Crippen LogP contribution in [0.25, 0.3) is 0 Å². The molecule has 5 nitrogen and oxygen atoms in total. The molecule has 92 valence electrons. The number of unbranched alkanes of at least 4 members (excludes halogenated alkanes) is 2. The van der Waals surface area contributed by atoms with Gasteiger partial charge in [0.2, 0.25) is 0 Å². The molecule has 0 spiro atoms. The first kappa shape index (κ1) is 18.7. The summed E-state index contributed by atoms with van der Waals surface area (Å²) >= 11 is 0. The summed E-state index contributed by atoms with van der Waals surface area (Å²) in [5.74, 6) is -0.831. The van der Waals surface area contributed by atoms with Gasteiger partial charge < -0.3 is 9.50 Å². The van der Waals surface area contributed by atoms with Crippen molar-refractivity contribution in [3.05, 3.63) is 0 Å². The van der Waals surface area contributed by atoms with Gasteiger partial charge in [-0.15, -0.1) is 0 Å². The molecular formula is C9H20NNaO4S. The fourth-order valence-electron chi connectivity index (χ4n) is 0.971. The molecule has 0 unspecified atom stereocenters. The van der Waals surface area contributed by atoms with Crippen LogP contribution in [0.4, 0.5) is 0 Å². The third-order valence-corrected chi connectivity index (χ3v) is 2.95. The van der Waals surface area contributed by atoms with Gasteiger partial charge in [-0.2, -0.15) is 8.42 Å². The maximum absolute atomic E-state index is 11.1. The molecule has 0 bridgehead atoms. The van der Waals surface area contributed by atoms with Crippen LogP contribution in [0.1, 0.15) is 32.6 Å². The zero-order valence-corrected chi connectivity index (χ0v) is 10.1. The third kappa shape index (κ3) is 10.9. The molecule has 0 fully saturated rings. The van der Waals surface area contributed by atoms with Crippen LogP contribution in [0.15, 0.2) is 0 Å². The van der Waals surface area contributed by atoms with Gasteiger partial charge in [0, 0.05) is 13.0 Å². The first-order valence-electron chi connectivity index (χ1n) is 5.11. The second kappa shape index (κ2) is 10.5. The Bertz CT molecular complexity index is 279. The van der Waals surface area contributed by atoms with Gasteiger partial charge in [-0.1, -0.05) is 19.8 Å². The molecule has 0 saturated heterocycles. The second-order valence-corrected chi connectivity index (χ2v) is 4.97. The molecule has 7 heteroatoms. The van der Waals surface area contributed by atoms with E-state index in [9.17, 15) is 13.2 Å². The number of carbonyl (C=O) groups is 1. The molecule has 0 amide bonds. The van der Waals surface area contributed by atoms with E-state index in [1.165, 1.54) is 0 Å². The van der Waals surface area contributed by atoms with Gasteiger partial charge in [-0.25, -0.2) is 0 Å². The minimum atomic E-state index is -3.69. The molecule has 0 saturated carbocycles. The molecule has 0 aliphatic carbocycles. The molecule has 0 aromatic carbocycles. The van der Waals surface area contributed by atoms with Crippen LogP contribution in [-0.4, -0.2) is 63.3 Å². The molecule has 0 aromatic rings. The van der Waals surface area contributed by atoms with Crippen LogP contribution in [0.2, 0.25) is 0 Å². The third-order valence-electron chi connectivity index (χ3n) is 1.81. The van der Waals surface area contributed by atoms with E-state index in [1.807, 2.05) is 6.92 Å². The zero-order chi connectivity index (χ0) is 11.7. The summed E-state index contributed by atoms with van der Waals surface area (Å²) in [5.41, 5.74) is 0. The monoisotopic (exact) mass is 261 g/mol. The summed E-state index contributed by atoms with van der Waals surface area (Å²) in [4.78, 5) is 11.1. The van der Waals surface area contributed by atoms with E-state index in [1.54, 1.807) is 7.05 Å². The van der Waals surface area contributed by atoms with Crippen molar-refractivity contribution in [3.8, 4) is 0 Å². The van der Waals surface area contributed by atoms with Crippen molar-refractivity contribution in [2.24, 2.45) is 0 Å². The normalized spacial score (nSPS) is 10.6. The van der Waals surface area contributed by atoms with Gasteiger partial charge in [0.1, 0.15) is 0 Å². The number of rotatable bonds is 8. The number of nitrogens with one attached hydrogen (secondary N) is 1. The maximum atomic E-state index is 11.1. The van der Waals surface area contributed by atoms with Gasteiger partial charge in [0.05, 0.1) is 5.75 Å². The standard InChI is InChI=1S/C9H19NO4S.Na.H/c1-3-4-5-6-9(11)14-15(12,13)8-7-10-2;;/h10H,3-8H2,1-2H3;;. The van der Waals surface area contributed by atoms with Gasteiger partial charge in [0.15, 0.2) is 0 Å². The van der Waals surface area contributed by atoms with Crippen LogP contribution >= 0.6 is 0 Å². The Morgan fingerprint density at radius 3 is 2.44 bits per heavy atom. The molecule has 16 heavy (non-hydrogen) atoms. The summed E-state index contributed by atoms with van der Waals surface area (Å²) in [7, 11) is -2.05. The topological polar surface area (TPSA) is 72.5 Å². The summed E-state index contributed by atoms with van der Waals surface area (Å²) in [5, 5.41) is 2.68. The molecule has 0 atom stereocenters. The van der Waals surface area contributed by atoms with E-state index in [0.717, 1.165) is 12.8 Å². The first-order chi connectivity index (χ1) is 7.02. The summed E-state index contributed by atoms with van der Waals surface area (Å²) in [6.07, 6.45) is 2.74. The van der Waals surface area contributed by atoms with E-state index in [0.29, 0.717) is 6.42 Å². The van der Waals surface area contributed by atoms with E-state index in [-0.39, 0.29) is 48.3 Å². The molecule has 1 N–H and O–H groups in total. The van der Waals surface area contributed by atoms with E-state index in [2.05, 4.69) is 9.50 Å². The van der Waals surface area contributed by atoms with Crippen LogP contribution in [-0.2, 0) is 19.1 Å². The Balaban J connectivity index is 0. The van der Waals surface area contributed by atoms with Crippen LogP contribution in [0.3, 0.4) is 0 Å². The predicted molar refractivity (Wildman–Crippen MR) is 65.1 cm³/mol. The SMILES string of the molecule is CCCCCC(=O)OS(=O)(=O)CCNC.[NaH]. The van der Waals surface area contributed by atoms with E-state index < -0.39 is 16.1 Å². The van der Waals surface area contributed by atoms with E-state index >= 15 is 0 Å². The van der Waals surface area contributed by atoms with Gasteiger partial charge in [0.25, 0.3) is 0 Å². The number of carbonyl (C=O) groups excluding carboxylic acids is 1. The average Bonchev–Trinajstić information content (AvgIpc) is 2.14. The van der Waals surface area contributed by atoms with Crippen molar-refractivity contribution in [2.75, 3.05) is 19.3 Å². The second-order valence-electron chi connectivity index (χ2n) is 3.28. The van der Waals surface area contributed by atoms with Gasteiger partial charge in [-0.05, 0) is 13.5 Å². The van der Waals surface area contributed by atoms with Crippen LogP contribution in [0.5, 0.6) is 0 Å². The molecule has 0 aliphatic heterocycles. The van der Waals surface area contributed by atoms with Crippen molar-refractivity contribution in [1.29, 1.82) is 0 Å². The van der Waals surface area contributed by atoms with Crippen molar-refractivity contribution in [1.82, 2.24) is 5.32 Å². The fraction of sp³-hybridized carbons (Fsp3) is 0.889. The summed E-state index contributed by atoms with van der Waals surface area (Å²) < 4.78 is 26.7. The minimum absolute atomic E-state index is 0. The van der Waals surface area contributed by atoms with Gasteiger partial charge >= 0.3 is 45.6 Å². The summed E-state index contributed by atoms with van der Waals surface area (Å²) in [6.45, 7) is 2.29. The Kier molecular flexibility index (Phi) is 12.3. The Labute approximate surface area is 120 Å². The molecule has 0 aliphatic rings. The van der Waals surface area contributed by atoms with Gasteiger partial charge in [-0.3, -0.25) is 4.79 Å². The predicted octanol–water partition coefficient (Wildman–Crippen LogP) is 0.0106. The van der Waals surface area contributed by atoms with Crippen LogP contribution in [0, 0.1) is 0 Å². The molecular weight excluding hydrogens is 241 g/mol. The van der Waals surface area contributed by atoms with Crippen molar-refractivity contribution in [2.45, 2.75) is 32.6 Å². The molecule has 0 radical (unpaired) electrons. The van der Waals surface area contributed by atoms with Crippen molar-refractivity contribution in [3.63, 3.8) is 0 Å². The zero-order valence-electron chi connectivity index (χ0n) is 9.28. The number of hydrogen-bond donors (Lipinski definition) is 1. The Hall–Kier alpha value is 0.380.